The Bertz CT molecular complexity index is 477. The van der Waals surface area contributed by atoms with E-state index in [4.69, 9.17) is 5.73 Å². The van der Waals surface area contributed by atoms with Crippen molar-refractivity contribution in [1.29, 1.82) is 0 Å². The van der Waals surface area contributed by atoms with Crippen LogP contribution in [0.15, 0.2) is 30.3 Å². The molecule has 1 aromatic rings. The van der Waals surface area contributed by atoms with Gasteiger partial charge in [-0.15, -0.1) is 0 Å². The molecule has 0 bridgehead atoms. The number of hydrogen-bond acceptors (Lipinski definition) is 4. The third-order valence-electron chi connectivity index (χ3n) is 3.62. The number of alkyl halides is 2. The Morgan fingerprint density at radius 2 is 1.86 bits per heavy atom. The van der Waals surface area contributed by atoms with Crippen LogP contribution in [-0.4, -0.2) is 36.3 Å². The fourth-order valence-electron chi connectivity index (χ4n) is 2.03. The second kappa shape index (κ2) is 6.49. The van der Waals surface area contributed by atoms with Crippen molar-refractivity contribution < 1.29 is 23.4 Å². The zero-order valence-electron chi connectivity index (χ0n) is 12.3. The van der Waals surface area contributed by atoms with Crippen LogP contribution in [0.1, 0.15) is 19.4 Å². The Kier molecular flexibility index (Phi) is 5.42. The highest BCUT2D eigenvalue weighted by molar-refractivity contribution is 5.77. The number of benzene rings is 1. The van der Waals surface area contributed by atoms with Crippen LogP contribution >= 0.6 is 0 Å². The molecule has 118 valence electrons. The van der Waals surface area contributed by atoms with Gasteiger partial charge < -0.3 is 15.6 Å². The van der Waals surface area contributed by atoms with E-state index in [1.165, 1.54) is 0 Å². The van der Waals surface area contributed by atoms with Gasteiger partial charge in [0.1, 0.15) is 11.5 Å². The number of ether oxygens (including phenoxy) is 1. The van der Waals surface area contributed by atoms with Crippen LogP contribution in [0.3, 0.4) is 0 Å². The first-order valence-corrected chi connectivity index (χ1v) is 6.58. The Morgan fingerprint density at radius 3 is 2.33 bits per heavy atom. The monoisotopic (exact) mass is 301 g/mol. The van der Waals surface area contributed by atoms with Gasteiger partial charge in [0.05, 0.1) is 7.11 Å². The van der Waals surface area contributed by atoms with E-state index in [1.807, 2.05) is 0 Å². The van der Waals surface area contributed by atoms with Crippen molar-refractivity contribution in [3.63, 3.8) is 0 Å². The van der Waals surface area contributed by atoms with Gasteiger partial charge in [-0.05, 0) is 25.8 Å². The van der Waals surface area contributed by atoms with E-state index in [2.05, 4.69) is 4.74 Å². The predicted molar refractivity (Wildman–Crippen MR) is 74.9 cm³/mol. The van der Waals surface area contributed by atoms with Gasteiger partial charge in [0.2, 0.25) is 0 Å². The van der Waals surface area contributed by atoms with Crippen molar-refractivity contribution in [3.05, 3.63) is 35.9 Å². The summed E-state index contributed by atoms with van der Waals surface area (Å²) in [5.74, 6) is -4.81. The molecule has 0 amide bonds. The summed E-state index contributed by atoms with van der Waals surface area (Å²) in [4.78, 5) is 11.5. The lowest BCUT2D eigenvalue weighted by atomic mass is 9.79. The number of esters is 1. The predicted octanol–water partition coefficient (Wildman–Crippen LogP) is 1.75. The maximum absolute atomic E-state index is 14.4. The van der Waals surface area contributed by atoms with Crippen LogP contribution in [0.2, 0.25) is 0 Å². The standard InChI is InChI=1S/C15H21F2NO3/c1-14(2,13(20)21-3)15(16,17)12(19)11(18)9-10-7-5-4-6-8-10/h4-8,11-12,19H,9,18H2,1-3H3. The molecule has 1 rings (SSSR count). The van der Waals surface area contributed by atoms with E-state index in [1.54, 1.807) is 30.3 Å². The highest BCUT2D eigenvalue weighted by atomic mass is 19.3. The van der Waals surface area contributed by atoms with E-state index in [9.17, 15) is 18.7 Å². The largest absolute Gasteiger partial charge is 0.468 e. The van der Waals surface area contributed by atoms with Gasteiger partial charge in [-0.3, -0.25) is 4.79 Å². The Labute approximate surface area is 122 Å². The molecule has 0 aromatic heterocycles. The molecule has 0 aliphatic heterocycles. The maximum atomic E-state index is 14.4. The van der Waals surface area contributed by atoms with E-state index in [0.717, 1.165) is 26.5 Å². The molecule has 0 aliphatic carbocycles. The summed E-state index contributed by atoms with van der Waals surface area (Å²) in [6, 6.07) is 7.56. The number of aliphatic hydroxyl groups excluding tert-OH is 1. The molecule has 0 spiro atoms. The average Bonchev–Trinajstić information content (AvgIpc) is 2.46. The highest BCUT2D eigenvalue weighted by Gasteiger charge is 2.58. The SMILES string of the molecule is COC(=O)C(C)(C)C(F)(F)C(O)C(N)Cc1ccccc1. The number of hydrogen-bond donors (Lipinski definition) is 2. The maximum Gasteiger partial charge on any atom is 0.317 e. The Hall–Kier alpha value is -1.53. The summed E-state index contributed by atoms with van der Waals surface area (Å²) in [6.07, 6.45) is -2.08. The fraction of sp³-hybridized carbons (Fsp3) is 0.533. The van der Waals surface area contributed by atoms with Crippen LogP contribution in [0, 0.1) is 5.41 Å². The summed E-state index contributed by atoms with van der Waals surface area (Å²) < 4.78 is 33.1. The molecule has 2 atom stereocenters. The van der Waals surface area contributed by atoms with Crippen molar-refractivity contribution in [2.24, 2.45) is 11.1 Å². The Balaban J connectivity index is 2.89. The van der Waals surface area contributed by atoms with Gasteiger partial charge in [-0.25, -0.2) is 8.78 Å². The van der Waals surface area contributed by atoms with Gasteiger partial charge in [-0.2, -0.15) is 0 Å². The number of carbonyl (C=O) groups excluding carboxylic acids is 1. The van der Waals surface area contributed by atoms with Gasteiger partial charge in [-0.1, -0.05) is 30.3 Å². The second-order valence-corrected chi connectivity index (χ2v) is 5.54. The topological polar surface area (TPSA) is 72.5 Å². The molecule has 0 radical (unpaired) electrons. The highest BCUT2D eigenvalue weighted by Crippen LogP contribution is 2.41. The molecular formula is C15H21F2NO3. The smallest absolute Gasteiger partial charge is 0.317 e. The van der Waals surface area contributed by atoms with E-state index < -0.39 is 29.5 Å². The molecule has 6 heteroatoms. The van der Waals surface area contributed by atoms with Crippen molar-refractivity contribution in [2.45, 2.75) is 38.3 Å². The first-order chi connectivity index (χ1) is 9.64. The third kappa shape index (κ3) is 3.57. The number of halogens is 2. The zero-order valence-corrected chi connectivity index (χ0v) is 12.3. The molecule has 2 unspecified atom stereocenters. The second-order valence-electron chi connectivity index (χ2n) is 5.54. The summed E-state index contributed by atoms with van der Waals surface area (Å²) in [6.45, 7) is 2.05. The quantitative estimate of drug-likeness (QED) is 0.785. The molecule has 0 heterocycles. The molecular weight excluding hydrogens is 280 g/mol. The zero-order chi connectivity index (χ0) is 16.3. The lowest BCUT2D eigenvalue weighted by Gasteiger charge is -2.37. The fourth-order valence-corrected chi connectivity index (χ4v) is 2.03. The van der Waals surface area contributed by atoms with Crippen molar-refractivity contribution in [3.8, 4) is 0 Å². The van der Waals surface area contributed by atoms with Crippen LogP contribution in [0.5, 0.6) is 0 Å². The molecule has 0 fully saturated rings. The summed E-state index contributed by atoms with van der Waals surface area (Å²) >= 11 is 0. The summed E-state index contributed by atoms with van der Waals surface area (Å²) in [7, 11) is 1.02. The van der Waals surface area contributed by atoms with Crippen molar-refractivity contribution in [2.75, 3.05) is 7.11 Å². The van der Waals surface area contributed by atoms with Crippen LogP contribution in [0.25, 0.3) is 0 Å². The van der Waals surface area contributed by atoms with Crippen molar-refractivity contribution >= 4 is 5.97 Å². The molecule has 4 nitrogen and oxygen atoms in total. The summed E-state index contributed by atoms with van der Waals surface area (Å²) in [5, 5.41) is 9.90. The number of rotatable bonds is 6. The van der Waals surface area contributed by atoms with Gasteiger partial charge in [0.25, 0.3) is 5.92 Å². The number of aliphatic hydroxyl groups is 1. The minimum absolute atomic E-state index is 0.0782. The van der Waals surface area contributed by atoms with E-state index in [0.29, 0.717) is 0 Å². The Morgan fingerprint density at radius 1 is 1.33 bits per heavy atom. The molecule has 21 heavy (non-hydrogen) atoms. The summed E-state index contributed by atoms with van der Waals surface area (Å²) in [5.41, 5.74) is 4.25. The molecule has 0 saturated carbocycles. The van der Waals surface area contributed by atoms with Crippen LogP contribution in [0.4, 0.5) is 8.78 Å². The average molecular weight is 301 g/mol. The normalized spacial score (nSPS) is 15.4. The van der Waals surface area contributed by atoms with E-state index in [-0.39, 0.29) is 6.42 Å². The first-order valence-electron chi connectivity index (χ1n) is 6.58. The molecule has 1 aromatic carbocycles. The lowest BCUT2D eigenvalue weighted by molar-refractivity contribution is -0.206. The van der Waals surface area contributed by atoms with Gasteiger partial charge >= 0.3 is 5.97 Å². The minimum Gasteiger partial charge on any atom is -0.468 e. The van der Waals surface area contributed by atoms with E-state index >= 15 is 0 Å². The molecule has 0 aliphatic rings. The van der Waals surface area contributed by atoms with Gasteiger partial charge in [0, 0.05) is 6.04 Å². The van der Waals surface area contributed by atoms with Crippen LogP contribution < -0.4 is 5.73 Å². The number of nitrogens with two attached hydrogens (primary N) is 1. The molecule has 0 saturated heterocycles. The van der Waals surface area contributed by atoms with Crippen molar-refractivity contribution in [1.82, 2.24) is 0 Å². The number of carbonyl (C=O) groups is 1. The third-order valence-corrected chi connectivity index (χ3v) is 3.62. The first kappa shape index (κ1) is 17.5. The number of methoxy groups -OCH3 is 1. The van der Waals surface area contributed by atoms with Crippen LogP contribution in [-0.2, 0) is 16.0 Å². The minimum atomic E-state index is -3.71. The lowest BCUT2D eigenvalue weighted by Crippen LogP contribution is -2.57. The van der Waals surface area contributed by atoms with Gasteiger partial charge in [0.15, 0.2) is 0 Å². The molecule has 3 N–H and O–H groups in total.